The van der Waals surface area contributed by atoms with Crippen molar-refractivity contribution in [3.05, 3.63) is 95.6 Å². The Morgan fingerprint density at radius 1 is 1.04 bits per heavy atom. The third-order valence-corrected chi connectivity index (χ3v) is 4.91. The number of carbonyl (C=O) groups is 1. The van der Waals surface area contributed by atoms with Gasteiger partial charge in [-0.05, 0) is 49.2 Å². The van der Waals surface area contributed by atoms with Gasteiger partial charge in [0.25, 0.3) is 5.91 Å². The number of benzene rings is 2. The molecule has 1 N–H and O–H groups in total. The van der Waals surface area contributed by atoms with E-state index in [0.717, 1.165) is 16.9 Å². The number of rotatable bonds is 5. The maximum absolute atomic E-state index is 12.6. The van der Waals surface area contributed by atoms with Gasteiger partial charge in [0.2, 0.25) is 0 Å². The van der Waals surface area contributed by atoms with Crippen molar-refractivity contribution in [1.29, 1.82) is 0 Å². The summed E-state index contributed by atoms with van der Waals surface area (Å²) >= 11 is 0. The highest BCUT2D eigenvalue weighted by Gasteiger charge is 2.20. The Labute approximate surface area is 164 Å². The highest BCUT2D eigenvalue weighted by molar-refractivity contribution is 5.92. The summed E-state index contributed by atoms with van der Waals surface area (Å²) in [6.45, 7) is 4.77. The number of hydrogen-bond donors (Lipinski definition) is 1. The first-order chi connectivity index (χ1) is 13.6. The highest BCUT2D eigenvalue weighted by atomic mass is 16.1. The number of nitrogens with one attached hydrogen (secondary N) is 1. The molecule has 0 radical (unpaired) electrons. The van der Waals surface area contributed by atoms with Gasteiger partial charge >= 0.3 is 0 Å². The Morgan fingerprint density at radius 2 is 1.79 bits per heavy atom. The average Bonchev–Trinajstić information content (AvgIpc) is 3.09. The largest absolute Gasteiger partial charge is 0.341 e. The van der Waals surface area contributed by atoms with Gasteiger partial charge in [-0.3, -0.25) is 9.78 Å². The lowest BCUT2D eigenvalue weighted by Crippen LogP contribution is -2.29. The molecule has 0 spiro atoms. The lowest BCUT2D eigenvalue weighted by atomic mass is 10.1. The van der Waals surface area contributed by atoms with Crippen LogP contribution in [0.1, 0.15) is 40.4 Å². The highest BCUT2D eigenvalue weighted by Crippen LogP contribution is 2.23. The number of carbonyl (C=O) groups excluding carboxylic acids is 1. The van der Waals surface area contributed by atoms with E-state index in [9.17, 15) is 4.79 Å². The molecule has 5 nitrogen and oxygen atoms in total. The first kappa shape index (κ1) is 17.9. The molecule has 0 aliphatic carbocycles. The van der Waals surface area contributed by atoms with Crippen LogP contribution < -0.4 is 5.32 Å². The molecule has 0 saturated heterocycles. The molecule has 2 heterocycles. The van der Waals surface area contributed by atoms with Crippen LogP contribution in [0.2, 0.25) is 0 Å². The summed E-state index contributed by atoms with van der Waals surface area (Å²) in [5.41, 5.74) is 4.84. The number of nitrogens with zero attached hydrogens (tertiary/aromatic N) is 3. The molecular weight excluding hydrogens is 348 g/mol. The van der Waals surface area contributed by atoms with Crippen LogP contribution in [0.5, 0.6) is 0 Å². The first-order valence-electron chi connectivity index (χ1n) is 9.35. The van der Waals surface area contributed by atoms with Gasteiger partial charge in [0.15, 0.2) is 0 Å². The lowest BCUT2D eigenvalue weighted by Gasteiger charge is -2.17. The number of aryl methyl sites for hydroxylation is 1. The van der Waals surface area contributed by atoms with E-state index in [0.29, 0.717) is 12.2 Å². The Balaban J connectivity index is 1.70. The molecule has 2 aromatic carbocycles. The Morgan fingerprint density at radius 3 is 2.57 bits per heavy atom. The van der Waals surface area contributed by atoms with Crippen LogP contribution in [0.3, 0.4) is 0 Å². The molecule has 4 aromatic rings. The molecule has 1 unspecified atom stereocenters. The van der Waals surface area contributed by atoms with E-state index in [2.05, 4.69) is 40.0 Å². The topological polar surface area (TPSA) is 59.8 Å². The molecule has 1 atom stereocenters. The lowest BCUT2D eigenvalue weighted by molar-refractivity contribution is 0.0932. The quantitative estimate of drug-likeness (QED) is 0.570. The number of para-hydroxylation sites is 2. The van der Waals surface area contributed by atoms with E-state index in [-0.39, 0.29) is 11.9 Å². The van der Waals surface area contributed by atoms with Gasteiger partial charge in [-0.15, -0.1) is 0 Å². The van der Waals surface area contributed by atoms with Crippen molar-refractivity contribution in [1.82, 2.24) is 19.9 Å². The fraction of sp³-hybridized carbons (Fsp3) is 0.174. The predicted octanol–water partition coefficient (Wildman–Crippen LogP) is 4.28. The minimum atomic E-state index is -0.258. The van der Waals surface area contributed by atoms with Crippen LogP contribution in [-0.2, 0) is 6.54 Å². The van der Waals surface area contributed by atoms with Gasteiger partial charge in [0.1, 0.15) is 11.5 Å². The molecule has 28 heavy (non-hydrogen) atoms. The fourth-order valence-corrected chi connectivity index (χ4v) is 3.38. The van der Waals surface area contributed by atoms with Crippen molar-refractivity contribution in [2.45, 2.75) is 26.4 Å². The molecular formula is C23H22N4O. The molecule has 0 bridgehead atoms. The normalized spacial score (nSPS) is 12.1. The van der Waals surface area contributed by atoms with Gasteiger partial charge in [-0.1, -0.05) is 42.5 Å². The summed E-state index contributed by atoms with van der Waals surface area (Å²) in [7, 11) is 0. The minimum Gasteiger partial charge on any atom is -0.341 e. The second-order valence-corrected chi connectivity index (χ2v) is 6.88. The maximum Gasteiger partial charge on any atom is 0.270 e. The molecule has 1 amide bonds. The van der Waals surface area contributed by atoms with Gasteiger partial charge in [0, 0.05) is 12.7 Å². The van der Waals surface area contributed by atoms with E-state index in [1.54, 1.807) is 24.4 Å². The fourth-order valence-electron chi connectivity index (χ4n) is 3.38. The number of fused-ring (bicyclic) bond motifs is 1. The van der Waals surface area contributed by atoms with Crippen LogP contribution in [0.25, 0.3) is 11.0 Å². The molecule has 5 heteroatoms. The Hall–Kier alpha value is -3.47. The summed E-state index contributed by atoms with van der Waals surface area (Å²) in [6.07, 6.45) is 1.62. The standard InChI is InChI=1S/C23H22N4O/c1-16-9-3-4-10-18(16)15-27-21-13-6-5-11-19(21)26-22(27)17(2)25-23(28)20-12-7-8-14-24-20/h3-14,17H,15H2,1-2H3,(H,25,28). The molecule has 0 fully saturated rings. The van der Waals surface area contributed by atoms with E-state index in [1.165, 1.54) is 11.1 Å². The van der Waals surface area contributed by atoms with E-state index >= 15 is 0 Å². The first-order valence-corrected chi connectivity index (χ1v) is 9.35. The van der Waals surface area contributed by atoms with E-state index < -0.39 is 0 Å². The van der Waals surface area contributed by atoms with Crippen molar-refractivity contribution in [3.8, 4) is 0 Å². The number of amides is 1. The van der Waals surface area contributed by atoms with Gasteiger partial charge in [0.05, 0.1) is 17.1 Å². The summed E-state index contributed by atoms with van der Waals surface area (Å²) in [4.78, 5) is 21.5. The number of aromatic nitrogens is 3. The molecule has 4 rings (SSSR count). The van der Waals surface area contributed by atoms with Crippen LogP contribution in [0.4, 0.5) is 0 Å². The van der Waals surface area contributed by atoms with E-state index in [4.69, 9.17) is 4.98 Å². The van der Waals surface area contributed by atoms with Crippen molar-refractivity contribution < 1.29 is 4.79 Å². The third kappa shape index (κ3) is 3.51. The van der Waals surface area contributed by atoms with E-state index in [1.807, 2.05) is 37.3 Å². The van der Waals surface area contributed by atoms with Crippen LogP contribution in [0, 0.1) is 6.92 Å². The van der Waals surface area contributed by atoms with Gasteiger partial charge in [-0.2, -0.15) is 0 Å². The summed E-state index contributed by atoms with van der Waals surface area (Å²) in [5.74, 6) is 0.622. The monoisotopic (exact) mass is 370 g/mol. The Kier molecular flexibility index (Phi) is 4.89. The van der Waals surface area contributed by atoms with Crippen LogP contribution >= 0.6 is 0 Å². The number of pyridine rings is 1. The molecule has 0 aliphatic heterocycles. The average molecular weight is 370 g/mol. The zero-order chi connectivity index (χ0) is 19.5. The SMILES string of the molecule is Cc1ccccc1Cn1c(C(C)NC(=O)c2ccccn2)nc2ccccc21. The maximum atomic E-state index is 12.6. The summed E-state index contributed by atoms with van der Waals surface area (Å²) in [5, 5.41) is 3.03. The summed E-state index contributed by atoms with van der Waals surface area (Å²) in [6, 6.07) is 21.4. The van der Waals surface area contributed by atoms with Crippen molar-refractivity contribution >= 4 is 16.9 Å². The van der Waals surface area contributed by atoms with Crippen LogP contribution in [-0.4, -0.2) is 20.4 Å². The number of hydrogen-bond acceptors (Lipinski definition) is 3. The van der Waals surface area contributed by atoms with Crippen molar-refractivity contribution in [3.63, 3.8) is 0 Å². The summed E-state index contributed by atoms with van der Waals surface area (Å²) < 4.78 is 2.18. The zero-order valence-electron chi connectivity index (χ0n) is 16.0. The molecule has 0 saturated carbocycles. The second kappa shape index (κ2) is 7.64. The third-order valence-electron chi connectivity index (χ3n) is 4.91. The Bertz CT molecular complexity index is 1120. The number of imidazole rings is 1. The zero-order valence-corrected chi connectivity index (χ0v) is 16.0. The van der Waals surface area contributed by atoms with Crippen molar-refractivity contribution in [2.24, 2.45) is 0 Å². The minimum absolute atomic E-state index is 0.206. The van der Waals surface area contributed by atoms with Crippen LogP contribution in [0.15, 0.2) is 72.9 Å². The smallest absolute Gasteiger partial charge is 0.270 e. The molecule has 2 aromatic heterocycles. The predicted molar refractivity (Wildman–Crippen MR) is 110 cm³/mol. The molecule has 0 aliphatic rings. The van der Waals surface area contributed by atoms with Gasteiger partial charge in [-0.25, -0.2) is 4.98 Å². The molecule has 140 valence electrons. The van der Waals surface area contributed by atoms with Crippen molar-refractivity contribution in [2.75, 3.05) is 0 Å². The second-order valence-electron chi connectivity index (χ2n) is 6.88. The van der Waals surface area contributed by atoms with Gasteiger partial charge < -0.3 is 9.88 Å².